The Kier molecular flexibility index (Phi) is 4.31. The van der Waals surface area contributed by atoms with Crippen LogP contribution in [0.2, 0.25) is 0 Å². The third kappa shape index (κ3) is 3.33. The average Bonchev–Trinajstić information content (AvgIpc) is 2.17. The molecule has 82 valence electrons. The summed E-state index contributed by atoms with van der Waals surface area (Å²) < 4.78 is 9.23. The zero-order valence-electron chi connectivity index (χ0n) is 8.45. The monoisotopic (exact) mass is 322 g/mol. The van der Waals surface area contributed by atoms with E-state index in [0.717, 1.165) is 6.42 Å². The molecule has 0 saturated heterocycles. The predicted molar refractivity (Wildman–Crippen MR) is 62.2 cm³/mol. The van der Waals surface area contributed by atoms with Gasteiger partial charge in [0.25, 0.3) is 0 Å². The molecule has 1 rings (SSSR count). The molecule has 0 aliphatic heterocycles. The van der Waals surface area contributed by atoms with Crippen molar-refractivity contribution < 1.29 is 17.4 Å². The van der Waals surface area contributed by atoms with Gasteiger partial charge in [-0.25, -0.2) is 4.79 Å². The molecule has 0 bridgehead atoms. The van der Waals surface area contributed by atoms with E-state index in [4.69, 9.17) is 4.74 Å². The second-order valence-corrected chi connectivity index (χ2v) is 3.79. The first-order chi connectivity index (χ1) is 7.04. The molecule has 15 heavy (non-hydrogen) atoms. The zero-order valence-corrected chi connectivity index (χ0v) is 10.6. The third-order valence-electron chi connectivity index (χ3n) is 2.03. The molecule has 1 aliphatic carbocycles. The summed E-state index contributed by atoms with van der Waals surface area (Å²) >= 11 is 1.43. The number of carbonyl (C=O) groups is 2. The third-order valence-corrected chi connectivity index (χ3v) is 2.39. The van der Waals surface area contributed by atoms with Crippen LogP contribution in [0.3, 0.4) is 0 Å². The molecular weight excluding hydrogens is 311 g/mol. The number of hydrogen-bond acceptors (Lipinski definition) is 4. The number of allylic oxidation sites excluding steroid dienone is 3. The Labute approximate surface area is 102 Å². The fraction of sp³-hybridized carbons (Fsp3) is 0.400. The smallest absolute Gasteiger partial charge is 0.394 e. The molecule has 0 heterocycles. The van der Waals surface area contributed by atoms with E-state index in [-0.39, 0.29) is 11.7 Å². The number of carbonyl (C=O) groups excluding carboxylic acids is 2. The lowest BCUT2D eigenvalue weighted by Crippen LogP contribution is -2.13. The summed E-state index contributed by atoms with van der Waals surface area (Å²) in [7, 11) is 0. The quantitative estimate of drug-likeness (QED) is 0.579. The SMILES string of the molecule is CC(=O)C1=CCC(C)C=C1OC(=O)OI. The molecule has 1 atom stereocenters. The van der Waals surface area contributed by atoms with Gasteiger partial charge in [0.2, 0.25) is 0 Å². The van der Waals surface area contributed by atoms with Crippen molar-refractivity contribution in [2.75, 3.05) is 0 Å². The first kappa shape index (κ1) is 12.2. The number of halogens is 1. The van der Waals surface area contributed by atoms with Crippen molar-refractivity contribution in [3.63, 3.8) is 0 Å². The van der Waals surface area contributed by atoms with Gasteiger partial charge in [-0.1, -0.05) is 13.0 Å². The van der Waals surface area contributed by atoms with Crippen LogP contribution in [0, 0.1) is 5.92 Å². The first-order valence-corrected chi connectivity index (χ1v) is 5.36. The zero-order chi connectivity index (χ0) is 11.4. The number of ether oxygens (including phenoxy) is 1. The van der Waals surface area contributed by atoms with Gasteiger partial charge in [0, 0.05) is 0 Å². The topological polar surface area (TPSA) is 52.6 Å². The minimum Gasteiger partial charge on any atom is -0.394 e. The van der Waals surface area contributed by atoms with E-state index < -0.39 is 6.16 Å². The summed E-state index contributed by atoms with van der Waals surface area (Å²) in [5.41, 5.74) is 0.440. The molecular formula is C10H11IO4. The minimum absolute atomic E-state index is 0.116. The molecule has 0 aromatic heterocycles. The van der Waals surface area contributed by atoms with Crippen molar-refractivity contribution in [1.29, 1.82) is 0 Å². The van der Waals surface area contributed by atoms with Crippen LogP contribution in [0.15, 0.2) is 23.5 Å². The van der Waals surface area contributed by atoms with Gasteiger partial charge in [-0.2, -0.15) is 0 Å². The second kappa shape index (κ2) is 5.29. The molecule has 0 spiro atoms. The van der Waals surface area contributed by atoms with Gasteiger partial charge in [0.15, 0.2) is 28.8 Å². The lowest BCUT2D eigenvalue weighted by atomic mass is 9.95. The normalized spacial score (nSPS) is 20.1. The van der Waals surface area contributed by atoms with Crippen molar-refractivity contribution in [3.8, 4) is 0 Å². The molecule has 0 saturated carbocycles. The van der Waals surface area contributed by atoms with Crippen LogP contribution in [0.5, 0.6) is 0 Å². The standard InChI is InChI=1S/C10H11IO4/c1-6-3-4-8(7(2)12)9(5-6)14-10(13)15-11/h4-6H,3H2,1-2H3. The van der Waals surface area contributed by atoms with E-state index >= 15 is 0 Å². The summed E-state index contributed by atoms with van der Waals surface area (Å²) in [4.78, 5) is 22.2. The Hall–Kier alpha value is -0.850. The van der Waals surface area contributed by atoms with Crippen LogP contribution in [0.25, 0.3) is 0 Å². The van der Waals surface area contributed by atoms with E-state index in [1.807, 2.05) is 6.92 Å². The molecule has 0 radical (unpaired) electrons. The van der Waals surface area contributed by atoms with Gasteiger partial charge in [-0.15, -0.1) is 0 Å². The van der Waals surface area contributed by atoms with Gasteiger partial charge in [0.1, 0.15) is 5.76 Å². The summed E-state index contributed by atoms with van der Waals surface area (Å²) in [6, 6.07) is 0. The fourth-order valence-electron chi connectivity index (χ4n) is 1.33. The molecule has 0 N–H and O–H groups in total. The average molecular weight is 322 g/mol. The van der Waals surface area contributed by atoms with Gasteiger partial charge in [-0.3, -0.25) is 4.79 Å². The molecule has 0 aromatic carbocycles. The number of Topliss-reactive ketones (excluding diaryl/α,β-unsaturated/α-hetero) is 1. The lowest BCUT2D eigenvalue weighted by molar-refractivity contribution is -0.113. The summed E-state index contributed by atoms with van der Waals surface area (Å²) in [6.45, 7) is 3.42. The number of rotatable bonds is 2. The summed E-state index contributed by atoms with van der Waals surface area (Å²) in [5.74, 6) is 0.433. The largest absolute Gasteiger partial charge is 0.523 e. The maximum absolute atomic E-state index is 11.2. The molecule has 1 aliphatic rings. The fourth-order valence-corrected chi connectivity index (χ4v) is 1.42. The van der Waals surface area contributed by atoms with Crippen molar-refractivity contribution in [3.05, 3.63) is 23.5 Å². The van der Waals surface area contributed by atoms with Gasteiger partial charge in [-0.05, 0) is 25.3 Å². The van der Waals surface area contributed by atoms with Crippen molar-refractivity contribution >= 4 is 34.9 Å². The van der Waals surface area contributed by atoms with Crippen LogP contribution in [0.1, 0.15) is 20.3 Å². The summed E-state index contributed by atoms with van der Waals surface area (Å²) in [5, 5.41) is 0. The summed E-state index contributed by atoms with van der Waals surface area (Å²) in [6.07, 6.45) is 3.50. The first-order valence-electron chi connectivity index (χ1n) is 4.48. The lowest BCUT2D eigenvalue weighted by Gasteiger charge is -2.16. The van der Waals surface area contributed by atoms with E-state index in [9.17, 15) is 9.59 Å². The van der Waals surface area contributed by atoms with Crippen LogP contribution in [-0.4, -0.2) is 11.9 Å². The highest BCUT2D eigenvalue weighted by molar-refractivity contribution is 14.1. The highest BCUT2D eigenvalue weighted by Gasteiger charge is 2.20. The molecule has 1 unspecified atom stereocenters. The van der Waals surface area contributed by atoms with E-state index in [1.54, 1.807) is 12.2 Å². The molecule has 5 heteroatoms. The molecule has 0 aromatic rings. The van der Waals surface area contributed by atoms with Crippen molar-refractivity contribution in [2.24, 2.45) is 5.92 Å². The van der Waals surface area contributed by atoms with E-state index in [1.165, 1.54) is 29.9 Å². The molecule has 4 nitrogen and oxygen atoms in total. The second-order valence-electron chi connectivity index (χ2n) is 3.35. The highest BCUT2D eigenvalue weighted by atomic mass is 127. The van der Waals surface area contributed by atoms with E-state index in [0.29, 0.717) is 11.3 Å². The molecule has 0 fully saturated rings. The highest BCUT2D eigenvalue weighted by Crippen LogP contribution is 2.24. The van der Waals surface area contributed by atoms with Crippen LogP contribution >= 0.6 is 23.0 Å². The van der Waals surface area contributed by atoms with Crippen molar-refractivity contribution in [2.45, 2.75) is 20.3 Å². The Balaban J connectivity index is 2.85. The van der Waals surface area contributed by atoms with Gasteiger partial charge < -0.3 is 7.80 Å². The predicted octanol–water partition coefficient (Wildman–Crippen LogP) is 2.93. The molecule has 0 amide bonds. The Morgan fingerprint density at radius 1 is 1.53 bits per heavy atom. The minimum atomic E-state index is -0.817. The van der Waals surface area contributed by atoms with Gasteiger partial charge >= 0.3 is 6.16 Å². The van der Waals surface area contributed by atoms with Crippen LogP contribution in [-0.2, 0) is 12.6 Å². The van der Waals surface area contributed by atoms with Gasteiger partial charge in [0.05, 0.1) is 5.57 Å². The van der Waals surface area contributed by atoms with Crippen molar-refractivity contribution in [1.82, 2.24) is 0 Å². The maximum atomic E-state index is 11.2. The Morgan fingerprint density at radius 2 is 2.20 bits per heavy atom. The Bertz CT molecular complexity index is 343. The number of ketones is 1. The number of hydrogen-bond donors (Lipinski definition) is 0. The van der Waals surface area contributed by atoms with E-state index in [2.05, 4.69) is 3.07 Å². The van der Waals surface area contributed by atoms with Crippen LogP contribution < -0.4 is 0 Å². The Morgan fingerprint density at radius 3 is 2.73 bits per heavy atom. The van der Waals surface area contributed by atoms with Crippen LogP contribution in [0.4, 0.5) is 4.79 Å². The maximum Gasteiger partial charge on any atom is 0.523 e.